The number of amides is 1. The minimum absolute atomic E-state index is 0.0369. The van der Waals surface area contributed by atoms with Crippen LogP contribution >= 0.6 is 0 Å². The molecule has 6 heteroatoms. The van der Waals surface area contributed by atoms with Gasteiger partial charge >= 0.3 is 0 Å². The zero-order valence-corrected chi connectivity index (χ0v) is 18.2. The third kappa shape index (κ3) is 4.43. The second-order valence-electron chi connectivity index (χ2n) is 8.41. The second kappa shape index (κ2) is 8.26. The Hall–Kier alpha value is -2.60. The van der Waals surface area contributed by atoms with Crippen LogP contribution in [0.4, 0.5) is 0 Å². The van der Waals surface area contributed by atoms with Gasteiger partial charge in [-0.3, -0.25) is 4.79 Å². The Morgan fingerprint density at radius 2 is 1.93 bits per heavy atom. The SMILES string of the molecule is CC(C)c1ccc2occ(CC(=O)N(Cc3ccccc3)[C@@H]3CCS(=O)(=O)C3)c2c1. The maximum absolute atomic E-state index is 13.4. The largest absolute Gasteiger partial charge is 0.464 e. The van der Waals surface area contributed by atoms with Crippen LogP contribution in [0, 0.1) is 0 Å². The molecule has 158 valence electrons. The van der Waals surface area contributed by atoms with Crippen LogP contribution in [0.5, 0.6) is 0 Å². The number of rotatable bonds is 6. The predicted octanol–water partition coefficient (Wildman–Crippen LogP) is 4.31. The highest BCUT2D eigenvalue weighted by atomic mass is 32.2. The summed E-state index contributed by atoms with van der Waals surface area (Å²) in [6.07, 6.45) is 2.33. The summed E-state index contributed by atoms with van der Waals surface area (Å²) >= 11 is 0. The molecule has 1 fully saturated rings. The number of benzene rings is 2. The Bertz CT molecular complexity index is 1150. The van der Waals surface area contributed by atoms with Crippen molar-refractivity contribution < 1.29 is 17.6 Å². The summed E-state index contributed by atoms with van der Waals surface area (Å²) in [7, 11) is -3.09. The Balaban J connectivity index is 1.61. The van der Waals surface area contributed by atoms with E-state index in [2.05, 4.69) is 19.9 Å². The van der Waals surface area contributed by atoms with Gasteiger partial charge in [0.1, 0.15) is 5.58 Å². The number of hydrogen-bond acceptors (Lipinski definition) is 4. The van der Waals surface area contributed by atoms with Crippen LogP contribution in [0.25, 0.3) is 11.0 Å². The van der Waals surface area contributed by atoms with Crippen LogP contribution in [0.1, 0.15) is 42.9 Å². The van der Waals surface area contributed by atoms with Crippen molar-refractivity contribution in [3.8, 4) is 0 Å². The minimum Gasteiger partial charge on any atom is -0.464 e. The molecule has 0 N–H and O–H groups in total. The van der Waals surface area contributed by atoms with Crippen molar-refractivity contribution in [2.75, 3.05) is 11.5 Å². The molecule has 1 saturated heterocycles. The maximum Gasteiger partial charge on any atom is 0.227 e. The van der Waals surface area contributed by atoms with Crippen LogP contribution in [0.15, 0.2) is 59.2 Å². The summed E-state index contributed by atoms with van der Waals surface area (Å²) in [5.41, 5.74) is 3.80. The van der Waals surface area contributed by atoms with Crippen molar-refractivity contribution in [1.82, 2.24) is 4.90 Å². The van der Waals surface area contributed by atoms with E-state index in [1.54, 1.807) is 11.2 Å². The highest BCUT2D eigenvalue weighted by Gasteiger charge is 2.34. The molecule has 0 saturated carbocycles. The predicted molar refractivity (Wildman–Crippen MR) is 118 cm³/mol. The third-order valence-electron chi connectivity index (χ3n) is 5.85. The van der Waals surface area contributed by atoms with Crippen molar-refractivity contribution >= 4 is 26.7 Å². The van der Waals surface area contributed by atoms with Crippen LogP contribution in [0.3, 0.4) is 0 Å². The van der Waals surface area contributed by atoms with Crippen LogP contribution < -0.4 is 0 Å². The number of sulfone groups is 1. The molecule has 1 aliphatic rings. The molecule has 4 rings (SSSR count). The average molecular weight is 426 g/mol. The van der Waals surface area contributed by atoms with E-state index < -0.39 is 9.84 Å². The van der Waals surface area contributed by atoms with Gasteiger partial charge in [0.2, 0.25) is 5.91 Å². The first-order valence-electron chi connectivity index (χ1n) is 10.4. The second-order valence-corrected chi connectivity index (χ2v) is 10.6. The van der Waals surface area contributed by atoms with Crippen LogP contribution in [-0.2, 0) is 27.6 Å². The number of carbonyl (C=O) groups is 1. The fourth-order valence-electron chi connectivity index (χ4n) is 4.08. The molecule has 1 aliphatic heterocycles. The van der Waals surface area contributed by atoms with E-state index in [9.17, 15) is 13.2 Å². The summed E-state index contributed by atoms with van der Waals surface area (Å²) in [4.78, 5) is 15.1. The lowest BCUT2D eigenvalue weighted by molar-refractivity contribution is -0.133. The van der Waals surface area contributed by atoms with Gasteiger partial charge < -0.3 is 9.32 Å². The molecule has 0 spiro atoms. The van der Waals surface area contributed by atoms with Crippen molar-refractivity contribution in [3.05, 3.63) is 71.5 Å². The van der Waals surface area contributed by atoms with Gasteiger partial charge in [0.25, 0.3) is 0 Å². The van der Waals surface area contributed by atoms with Crippen molar-refractivity contribution in [3.63, 3.8) is 0 Å². The fourth-order valence-corrected chi connectivity index (χ4v) is 5.81. The molecule has 0 aliphatic carbocycles. The van der Waals surface area contributed by atoms with Gasteiger partial charge in [-0.05, 0) is 35.6 Å². The van der Waals surface area contributed by atoms with Gasteiger partial charge in [-0.25, -0.2) is 8.42 Å². The number of hydrogen-bond donors (Lipinski definition) is 0. The van der Waals surface area contributed by atoms with Crippen molar-refractivity contribution in [2.45, 2.75) is 45.2 Å². The first-order valence-corrected chi connectivity index (χ1v) is 12.2. The third-order valence-corrected chi connectivity index (χ3v) is 7.60. The van der Waals surface area contributed by atoms with E-state index in [0.29, 0.717) is 18.9 Å². The number of carbonyl (C=O) groups excluding carboxylic acids is 1. The lowest BCUT2D eigenvalue weighted by Gasteiger charge is -2.28. The molecule has 30 heavy (non-hydrogen) atoms. The summed E-state index contributed by atoms with van der Waals surface area (Å²) < 4.78 is 29.8. The summed E-state index contributed by atoms with van der Waals surface area (Å²) in [5, 5.41) is 0.952. The molecule has 3 aromatic rings. The van der Waals surface area contributed by atoms with E-state index in [0.717, 1.165) is 22.1 Å². The van der Waals surface area contributed by atoms with Gasteiger partial charge in [-0.2, -0.15) is 0 Å². The topological polar surface area (TPSA) is 67.6 Å². The van der Waals surface area contributed by atoms with E-state index in [4.69, 9.17) is 4.42 Å². The summed E-state index contributed by atoms with van der Waals surface area (Å²) in [5.74, 6) is 0.488. The van der Waals surface area contributed by atoms with Crippen molar-refractivity contribution in [2.24, 2.45) is 0 Å². The molecule has 5 nitrogen and oxygen atoms in total. The Labute approximate surface area is 177 Å². The van der Waals surface area contributed by atoms with Crippen LogP contribution in [-0.4, -0.2) is 36.8 Å². The number of furan rings is 1. The van der Waals surface area contributed by atoms with Crippen LogP contribution in [0.2, 0.25) is 0 Å². The zero-order valence-electron chi connectivity index (χ0n) is 17.4. The maximum atomic E-state index is 13.4. The Morgan fingerprint density at radius 1 is 1.17 bits per heavy atom. The first-order chi connectivity index (χ1) is 14.3. The molecule has 1 atom stereocenters. The van der Waals surface area contributed by atoms with Crippen molar-refractivity contribution in [1.29, 1.82) is 0 Å². The lowest BCUT2D eigenvalue weighted by atomic mass is 9.99. The number of fused-ring (bicyclic) bond motifs is 1. The van der Waals surface area contributed by atoms with Gasteiger partial charge in [0.15, 0.2) is 9.84 Å². The molecule has 0 radical (unpaired) electrons. The van der Waals surface area contributed by atoms with E-state index in [1.807, 2.05) is 42.5 Å². The quantitative estimate of drug-likeness (QED) is 0.590. The molecular formula is C24H27NO4S. The van der Waals surface area contributed by atoms with Gasteiger partial charge in [0, 0.05) is 23.5 Å². The molecule has 1 amide bonds. The summed E-state index contributed by atoms with van der Waals surface area (Å²) in [6.45, 7) is 4.68. The molecule has 2 heterocycles. The highest BCUT2D eigenvalue weighted by Crippen LogP contribution is 2.28. The Morgan fingerprint density at radius 3 is 2.60 bits per heavy atom. The first kappa shape index (κ1) is 20.7. The van der Waals surface area contributed by atoms with Gasteiger partial charge in [-0.15, -0.1) is 0 Å². The molecular weight excluding hydrogens is 398 g/mol. The average Bonchev–Trinajstić information content (AvgIpc) is 3.29. The summed E-state index contributed by atoms with van der Waals surface area (Å²) in [6, 6.07) is 15.5. The zero-order chi connectivity index (χ0) is 21.3. The molecule has 0 bridgehead atoms. The van der Waals surface area contributed by atoms with E-state index in [1.165, 1.54) is 5.56 Å². The molecule has 2 aromatic carbocycles. The number of nitrogens with zero attached hydrogens (tertiary/aromatic N) is 1. The van der Waals surface area contributed by atoms with Gasteiger partial charge in [-0.1, -0.05) is 50.2 Å². The smallest absolute Gasteiger partial charge is 0.227 e. The normalized spacial score (nSPS) is 18.2. The lowest BCUT2D eigenvalue weighted by Crippen LogP contribution is -2.41. The minimum atomic E-state index is -3.09. The van der Waals surface area contributed by atoms with E-state index in [-0.39, 0.29) is 29.9 Å². The Kier molecular flexibility index (Phi) is 5.69. The molecule has 0 unspecified atom stereocenters. The molecule has 1 aromatic heterocycles. The van der Waals surface area contributed by atoms with Gasteiger partial charge in [0.05, 0.1) is 24.2 Å². The standard InChI is InChI=1S/C24H27NO4S/c1-17(2)19-8-9-23-22(12-19)20(15-29-23)13-24(26)25(14-18-6-4-3-5-7-18)21-10-11-30(27,28)16-21/h3-9,12,15,17,21H,10-11,13-14,16H2,1-2H3/t21-/m1/s1. The van der Waals surface area contributed by atoms with E-state index >= 15 is 0 Å². The monoisotopic (exact) mass is 425 g/mol. The fraction of sp³-hybridized carbons (Fsp3) is 0.375. The highest BCUT2D eigenvalue weighted by molar-refractivity contribution is 7.91.